The van der Waals surface area contributed by atoms with Crippen molar-refractivity contribution in [3.05, 3.63) is 213 Å². The monoisotopic (exact) mass is 1350 g/mol. The van der Waals surface area contributed by atoms with E-state index < -0.39 is 125 Å². The Labute approximate surface area is 544 Å². The van der Waals surface area contributed by atoms with E-state index in [1.807, 2.05) is 0 Å². The Morgan fingerprint density at radius 2 is 0.842 bits per heavy atom. The number of alkyl halides is 12. The van der Waals surface area contributed by atoms with Gasteiger partial charge in [-0.25, -0.2) is 14.4 Å². The van der Waals surface area contributed by atoms with Gasteiger partial charge in [0.1, 0.15) is 18.8 Å². The number of hydrogen-bond acceptors (Lipinski definition) is 11. The number of rotatable bonds is 17. The SMILES string of the molecule is C.C.C[C@@H](OC[C@@]1(c2ccccc2)CCC(CO)(NC(=O)OC(C)(C)C)CN1C(=O)OCc1ccccc1)c1cc(C(F)(F)F)cc(C(F)(F)F)c1.C[C@@H](OC[C@@]1(c2ccccc2)CCC(N)(CO)CN1C(=O)OCc1ccccc1)c1cc(C(F)(F)F)cc(C(F)(F)F)c1. The second-order valence-electron chi connectivity index (χ2n) is 24.2. The fraction of sp³-hybridized carbons (Fsp3) is 0.435. The van der Waals surface area contributed by atoms with E-state index in [1.165, 1.54) is 23.6 Å². The van der Waals surface area contributed by atoms with Gasteiger partial charge in [-0.1, -0.05) is 136 Å². The molecule has 0 aliphatic carbocycles. The Balaban J connectivity index is 0.000000340. The maximum absolute atomic E-state index is 14.1. The average molecular weight is 1350 g/mol. The zero-order chi connectivity index (χ0) is 68.4. The van der Waals surface area contributed by atoms with E-state index in [0.29, 0.717) is 46.5 Å². The molecule has 2 aliphatic rings. The highest BCUT2D eigenvalue weighted by molar-refractivity contribution is 5.72. The molecule has 0 saturated carbocycles. The molecular formula is C69H80F12N4O10. The van der Waals surface area contributed by atoms with Crippen LogP contribution < -0.4 is 11.1 Å². The number of nitrogens with one attached hydrogen (secondary N) is 1. The van der Waals surface area contributed by atoms with Crippen molar-refractivity contribution in [2.24, 2.45) is 5.73 Å². The minimum absolute atomic E-state index is 0. The van der Waals surface area contributed by atoms with Gasteiger partial charge in [-0.3, -0.25) is 9.80 Å². The predicted octanol–water partition coefficient (Wildman–Crippen LogP) is 16.5. The van der Waals surface area contributed by atoms with Crippen LogP contribution in [0.1, 0.15) is 143 Å². The summed E-state index contributed by atoms with van der Waals surface area (Å²) in [6.45, 7) is 5.21. The number of piperidine rings is 2. The highest BCUT2D eigenvalue weighted by atomic mass is 19.4. The summed E-state index contributed by atoms with van der Waals surface area (Å²) in [4.78, 5) is 43.3. The number of halogens is 12. The number of benzene rings is 6. The van der Waals surface area contributed by atoms with Crippen molar-refractivity contribution in [2.45, 2.75) is 153 Å². The number of nitrogens with two attached hydrogens (primary N) is 1. The number of hydrogen-bond donors (Lipinski definition) is 4. The maximum atomic E-state index is 14.1. The number of amides is 3. The molecule has 2 fully saturated rings. The number of aliphatic hydroxyl groups excluding tert-OH is 2. The highest BCUT2D eigenvalue weighted by Gasteiger charge is 2.54. The van der Waals surface area contributed by atoms with Gasteiger partial charge >= 0.3 is 43.0 Å². The molecule has 3 amide bonds. The molecule has 8 rings (SSSR count). The number of nitrogens with zero attached hydrogens (tertiary/aromatic N) is 2. The maximum Gasteiger partial charge on any atom is 0.416 e. The Morgan fingerprint density at radius 3 is 1.17 bits per heavy atom. The van der Waals surface area contributed by atoms with Crippen molar-refractivity contribution < 1.29 is 101 Å². The summed E-state index contributed by atoms with van der Waals surface area (Å²) in [7, 11) is 0. The number of alkyl carbamates (subject to hydrolysis) is 1. The van der Waals surface area contributed by atoms with E-state index >= 15 is 0 Å². The van der Waals surface area contributed by atoms with Crippen LogP contribution in [0.3, 0.4) is 0 Å². The standard InChI is InChI=1S/C36H40F6N2O6.C31H32F6N2O4.2CH4/c1-24(26-17-28(35(37,38)39)19-29(18-26)36(40,41)42)49-23-34(27-13-9-6-10-14-27)16-15-33(22-45,43-30(46)50-32(2,3)4)21-44(34)31(47)48-20-25-11-7-5-8-12-25;1-21(23-14-25(30(32,33)34)16-26(15-23)31(35,36)37)43-20-29(24-10-6-3-7-11-24)13-12-28(38,19-40)18-39(29)27(41)42-17-22-8-4-2-5-9-22;;/h5-14,17-19,24,45H,15-16,20-23H2,1-4H3,(H,43,46);2-11,14-16,21,40H,12-13,17-20,38H2,1H3;2*1H4/t24-,33?,34-;21-,28?,29-;;/m11../s1. The van der Waals surface area contributed by atoms with E-state index in [-0.39, 0.29) is 96.7 Å². The molecule has 2 aliphatic heterocycles. The minimum Gasteiger partial charge on any atom is -0.445 e. The van der Waals surface area contributed by atoms with Crippen LogP contribution in [0.15, 0.2) is 158 Å². The van der Waals surface area contributed by atoms with E-state index in [4.69, 9.17) is 29.4 Å². The molecule has 6 aromatic carbocycles. The molecular weight excluding hydrogens is 1270 g/mol. The molecule has 0 bridgehead atoms. The third-order valence-corrected chi connectivity index (χ3v) is 16.2. The lowest BCUT2D eigenvalue weighted by Gasteiger charge is -2.53. The first-order chi connectivity index (χ1) is 43.4. The van der Waals surface area contributed by atoms with Crippen molar-refractivity contribution >= 4 is 18.3 Å². The van der Waals surface area contributed by atoms with Gasteiger partial charge in [0.05, 0.1) is 89.6 Å². The van der Waals surface area contributed by atoms with Crippen LogP contribution in [-0.2, 0) is 72.7 Å². The fourth-order valence-electron chi connectivity index (χ4n) is 11.0. The largest absolute Gasteiger partial charge is 0.445 e. The average Bonchev–Trinajstić information content (AvgIpc) is 0.753. The summed E-state index contributed by atoms with van der Waals surface area (Å²) >= 11 is 0. The van der Waals surface area contributed by atoms with E-state index in [9.17, 15) is 77.3 Å². The first-order valence-corrected chi connectivity index (χ1v) is 29.4. The zero-order valence-electron chi connectivity index (χ0n) is 51.3. The molecule has 2 unspecified atom stereocenters. The third kappa shape index (κ3) is 20.1. The van der Waals surface area contributed by atoms with Gasteiger partial charge in [0.25, 0.3) is 0 Å². The van der Waals surface area contributed by atoms with Crippen molar-refractivity contribution in [3.8, 4) is 0 Å². The number of carbonyl (C=O) groups excluding carboxylic acids is 3. The van der Waals surface area contributed by atoms with Gasteiger partial charge in [0, 0.05) is 6.54 Å². The first-order valence-electron chi connectivity index (χ1n) is 29.4. The van der Waals surface area contributed by atoms with E-state index in [1.54, 1.807) is 142 Å². The van der Waals surface area contributed by atoms with Crippen LogP contribution in [0.5, 0.6) is 0 Å². The van der Waals surface area contributed by atoms with Crippen LogP contribution in [0.25, 0.3) is 0 Å². The molecule has 2 saturated heterocycles. The molecule has 5 N–H and O–H groups in total. The Morgan fingerprint density at radius 1 is 0.505 bits per heavy atom. The number of carbonyl (C=O) groups is 3. The van der Waals surface area contributed by atoms with Gasteiger partial charge < -0.3 is 44.9 Å². The Kier molecular flexibility index (Phi) is 25.6. The third-order valence-electron chi connectivity index (χ3n) is 16.2. The smallest absolute Gasteiger partial charge is 0.416 e. The first kappa shape index (κ1) is 77.8. The molecule has 0 radical (unpaired) electrons. The lowest BCUT2D eigenvalue weighted by molar-refractivity contribution is -0.145. The van der Waals surface area contributed by atoms with Gasteiger partial charge in [0.15, 0.2) is 0 Å². The van der Waals surface area contributed by atoms with Crippen LogP contribution in [0.2, 0.25) is 0 Å². The topological polar surface area (TPSA) is 182 Å². The summed E-state index contributed by atoms with van der Waals surface area (Å²) in [6.07, 6.45) is -24.7. The molecule has 0 spiro atoms. The summed E-state index contributed by atoms with van der Waals surface area (Å²) in [5.41, 5.74) is -3.84. The van der Waals surface area contributed by atoms with Crippen molar-refractivity contribution in [1.82, 2.24) is 15.1 Å². The lowest BCUT2D eigenvalue weighted by Crippen LogP contribution is -2.68. The van der Waals surface area contributed by atoms with Crippen LogP contribution >= 0.6 is 0 Å². The second kappa shape index (κ2) is 31.3. The van der Waals surface area contributed by atoms with Crippen LogP contribution in [-0.4, -0.2) is 94.5 Å². The molecule has 14 nitrogen and oxygen atoms in total. The van der Waals surface area contributed by atoms with E-state index in [2.05, 4.69) is 5.32 Å². The number of aliphatic hydroxyl groups is 2. The van der Waals surface area contributed by atoms with Gasteiger partial charge in [-0.15, -0.1) is 0 Å². The Hall–Kier alpha value is -7.91. The second-order valence-corrected chi connectivity index (χ2v) is 24.2. The molecule has 95 heavy (non-hydrogen) atoms. The Bertz CT molecular complexity index is 3390. The minimum atomic E-state index is -5.06. The van der Waals surface area contributed by atoms with E-state index in [0.717, 1.165) is 0 Å². The van der Waals surface area contributed by atoms with Crippen molar-refractivity contribution in [3.63, 3.8) is 0 Å². The number of ether oxygens (including phenoxy) is 5. The molecule has 26 heteroatoms. The highest BCUT2D eigenvalue weighted by Crippen LogP contribution is 2.46. The van der Waals surface area contributed by atoms with Gasteiger partial charge in [0.2, 0.25) is 0 Å². The quantitative estimate of drug-likeness (QED) is 0.0504. The van der Waals surface area contributed by atoms with Crippen molar-refractivity contribution in [2.75, 3.05) is 39.5 Å². The molecule has 520 valence electrons. The molecule has 0 aromatic heterocycles. The normalized spacial score (nSPS) is 20.7. The number of likely N-dealkylation sites (tertiary alicyclic amines) is 2. The summed E-state index contributed by atoms with van der Waals surface area (Å²) in [5.74, 6) is 0. The van der Waals surface area contributed by atoms with Crippen molar-refractivity contribution in [1.29, 1.82) is 0 Å². The molecule has 6 atom stereocenters. The summed E-state index contributed by atoms with van der Waals surface area (Å²) < 4.78 is 192. The molecule has 6 aromatic rings. The summed E-state index contributed by atoms with van der Waals surface area (Å²) in [5, 5.41) is 23.4. The lowest BCUT2D eigenvalue weighted by atomic mass is 9.75. The van der Waals surface area contributed by atoms with Gasteiger partial charge in [-0.2, -0.15) is 52.7 Å². The summed E-state index contributed by atoms with van der Waals surface area (Å²) in [6, 6.07) is 37.4. The van der Waals surface area contributed by atoms with Crippen LogP contribution in [0, 0.1) is 0 Å². The molecule has 2 heterocycles. The van der Waals surface area contributed by atoms with Gasteiger partial charge in [-0.05, 0) is 130 Å². The predicted molar refractivity (Wildman–Crippen MR) is 330 cm³/mol. The van der Waals surface area contributed by atoms with Crippen LogP contribution in [0.4, 0.5) is 67.1 Å². The zero-order valence-corrected chi connectivity index (χ0v) is 51.3. The fourth-order valence-corrected chi connectivity index (χ4v) is 11.0.